The van der Waals surface area contributed by atoms with Crippen LogP contribution in [0.25, 0.3) is 10.9 Å². The second-order valence-electron chi connectivity index (χ2n) is 4.01. The molecule has 0 bridgehead atoms. The van der Waals surface area contributed by atoms with Crippen molar-refractivity contribution in [3.8, 4) is 11.6 Å². The van der Waals surface area contributed by atoms with Gasteiger partial charge >= 0.3 is 5.97 Å². The summed E-state index contributed by atoms with van der Waals surface area (Å²) in [6, 6.07) is 8.11. The summed E-state index contributed by atoms with van der Waals surface area (Å²) in [4.78, 5) is 23.0. The van der Waals surface area contributed by atoms with Gasteiger partial charge in [0.15, 0.2) is 0 Å². The van der Waals surface area contributed by atoms with Gasteiger partial charge in [-0.25, -0.2) is 14.8 Å². The number of pyridine rings is 1. The van der Waals surface area contributed by atoms with E-state index in [0.29, 0.717) is 22.5 Å². The van der Waals surface area contributed by atoms with Crippen LogP contribution in [0.15, 0.2) is 49.1 Å². The van der Waals surface area contributed by atoms with E-state index in [2.05, 4.69) is 15.0 Å². The van der Waals surface area contributed by atoms with Crippen molar-refractivity contribution >= 4 is 16.9 Å². The zero-order chi connectivity index (χ0) is 13.9. The number of ether oxygens (including phenoxy) is 1. The van der Waals surface area contributed by atoms with Gasteiger partial charge in [0.1, 0.15) is 12.1 Å². The molecule has 1 N–H and O–H groups in total. The lowest BCUT2D eigenvalue weighted by molar-refractivity contribution is 0.0697. The Hall–Kier alpha value is -3.02. The van der Waals surface area contributed by atoms with Crippen molar-refractivity contribution < 1.29 is 14.6 Å². The molecule has 0 fully saturated rings. The molecule has 3 rings (SSSR count). The minimum atomic E-state index is -1.000. The third-order valence-electron chi connectivity index (χ3n) is 2.70. The molecule has 0 atom stereocenters. The predicted molar refractivity (Wildman–Crippen MR) is 70.8 cm³/mol. The molecule has 1 aromatic carbocycles. The molecule has 0 saturated carbocycles. The van der Waals surface area contributed by atoms with Gasteiger partial charge in [0.05, 0.1) is 22.7 Å². The third kappa shape index (κ3) is 2.26. The number of aromatic carboxylic acids is 1. The smallest absolute Gasteiger partial charge is 0.335 e. The van der Waals surface area contributed by atoms with Crippen LogP contribution in [0.5, 0.6) is 11.6 Å². The second kappa shape index (κ2) is 4.93. The van der Waals surface area contributed by atoms with Crippen LogP contribution in [0.3, 0.4) is 0 Å². The summed E-state index contributed by atoms with van der Waals surface area (Å²) in [5, 5.41) is 9.61. The number of rotatable bonds is 3. The minimum Gasteiger partial charge on any atom is -0.478 e. The number of carboxylic acids is 1. The highest BCUT2D eigenvalue weighted by molar-refractivity contribution is 5.94. The number of fused-ring (bicyclic) bond motifs is 1. The van der Waals surface area contributed by atoms with E-state index < -0.39 is 5.97 Å². The van der Waals surface area contributed by atoms with Gasteiger partial charge in [-0.15, -0.1) is 0 Å². The largest absolute Gasteiger partial charge is 0.478 e. The molecule has 6 nitrogen and oxygen atoms in total. The van der Waals surface area contributed by atoms with Crippen LogP contribution in [0.1, 0.15) is 10.4 Å². The molecule has 0 aliphatic rings. The van der Waals surface area contributed by atoms with Gasteiger partial charge in [-0.2, -0.15) is 0 Å². The summed E-state index contributed by atoms with van der Waals surface area (Å²) in [5.41, 5.74) is 0.683. The van der Waals surface area contributed by atoms with E-state index in [0.717, 1.165) is 0 Å². The molecule has 0 spiro atoms. The first-order valence-electron chi connectivity index (χ1n) is 5.80. The van der Waals surface area contributed by atoms with Crippen molar-refractivity contribution in [3.05, 3.63) is 54.6 Å². The van der Waals surface area contributed by atoms with Crippen molar-refractivity contribution in [2.45, 2.75) is 0 Å². The SMILES string of the molecule is O=C(O)c1ccc2c(Oc3cccnc3)ncnc2c1. The van der Waals surface area contributed by atoms with Crippen molar-refractivity contribution in [2.75, 3.05) is 0 Å². The van der Waals surface area contributed by atoms with E-state index in [9.17, 15) is 4.79 Å². The predicted octanol–water partition coefficient (Wildman–Crippen LogP) is 2.52. The number of hydrogen-bond donors (Lipinski definition) is 1. The summed E-state index contributed by atoms with van der Waals surface area (Å²) < 4.78 is 5.63. The molecule has 0 aliphatic heterocycles. The van der Waals surface area contributed by atoms with Crippen LogP contribution in [0.2, 0.25) is 0 Å². The van der Waals surface area contributed by atoms with E-state index in [-0.39, 0.29) is 5.56 Å². The Labute approximate surface area is 113 Å². The van der Waals surface area contributed by atoms with Crippen LogP contribution >= 0.6 is 0 Å². The quantitative estimate of drug-likeness (QED) is 0.784. The molecule has 3 aromatic rings. The standard InChI is InChI=1S/C14H9N3O3/c18-14(19)9-3-4-11-12(6-9)16-8-17-13(11)20-10-2-1-5-15-7-10/h1-8H,(H,18,19). The molecule has 0 amide bonds. The van der Waals surface area contributed by atoms with Gasteiger partial charge in [-0.1, -0.05) is 0 Å². The fraction of sp³-hybridized carbons (Fsp3) is 0. The zero-order valence-corrected chi connectivity index (χ0v) is 10.2. The zero-order valence-electron chi connectivity index (χ0n) is 10.2. The molecule has 0 saturated heterocycles. The number of nitrogens with zero attached hydrogens (tertiary/aromatic N) is 3. The maximum absolute atomic E-state index is 10.9. The molecule has 0 unspecified atom stereocenters. The molecule has 0 radical (unpaired) electrons. The number of carbonyl (C=O) groups is 1. The number of benzene rings is 1. The van der Waals surface area contributed by atoms with Gasteiger partial charge in [0.2, 0.25) is 5.88 Å². The van der Waals surface area contributed by atoms with E-state index in [1.807, 2.05) is 0 Å². The highest BCUT2D eigenvalue weighted by Gasteiger charge is 2.09. The van der Waals surface area contributed by atoms with Gasteiger partial charge in [0, 0.05) is 6.20 Å². The first-order valence-corrected chi connectivity index (χ1v) is 5.80. The third-order valence-corrected chi connectivity index (χ3v) is 2.70. The Kier molecular flexibility index (Phi) is 2.96. The maximum atomic E-state index is 10.9. The van der Waals surface area contributed by atoms with Crippen LogP contribution in [-0.4, -0.2) is 26.0 Å². The van der Waals surface area contributed by atoms with E-state index in [4.69, 9.17) is 9.84 Å². The van der Waals surface area contributed by atoms with Crippen molar-refractivity contribution in [3.63, 3.8) is 0 Å². The monoisotopic (exact) mass is 267 g/mol. The Bertz CT molecular complexity index is 775. The van der Waals surface area contributed by atoms with Crippen LogP contribution < -0.4 is 4.74 Å². The Balaban J connectivity index is 2.06. The minimum absolute atomic E-state index is 0.170. The molecular formula is C14H9N3O3. The molecule has 6 heteroatoms. The topological polar surface area (TPSA) is 85.2 Å². The molecule has 2 aromatic heterocycles. The fourth-order valence-electron chi connectivity index (χ4n) is 1.77. The fourth-order valence-corrected chi connectivity index (χ4v) is 1.77. The van der Waals surface area contributed by atoms with E-state index in [1.54, 1.807) is 30.6 Å². The Morgan fingerprint density at radius 2 is 2.10 bits per heavy atom. The van der Waals surface area contributed by atoms with Crippen LogP contribution in [-0.2, 0) is 0 Å². The van der Waals surface area contributed by atoms with Crippen molar-refractivity contribution in [1.29, 1.82) is 0 Å². The molecular weight excluding hydrogens is 258 g/mol. The van der Waals surface area contributed by atoms with Crippen LogP contribution in [0, 0.1) is 0 Å². The second-order valence-corrected chi connectivity index (χ2v) is 4.01. The number of hydrogen-bond acceptors (Lipinski definition) is 5. The highest BCUT2D eigenvalue weighted by Crippen LogP contribution is 2.26. The lowest BCUT2D eigenvalue weighted by Gasteiger charge is -2.07. The lowest BCUT2D eigenvalue weighted by atomic mass is 10.1. The van der Waals surface area contributed by atoms with Gasteiger partial charge in [0.25, 0.3) is 0 Å². The molecule has 0 aliphatic carbocycles. The number of carboxylic acid groups (broad SMARTS) is 1. The normalized spacial score (nSPS) is 10.4. The molecule has 20 heavy (non-hydrogen) atoms. The Morgan fingerprint density at radius 3 is 2.85 bits per heavy atom. The summed E-state index contributed by atoms with van der Waals surface area (Å²) in [5.74, 6) is -0.0880. The van der Waals surface area contributed by atoms with E-state index >= 15 is 0 Å². The van der Waals surface area contributed by atoms with E-state index in [1.165, 1.54) is 18.5 Å². The van der Waals surface area contributed by atoms with Gasteiger partial charge in [-0.05, 0) is 30.3 Å². The first-order chi connectivity index (χ1) is 9.74. The van der Waals surface area contributed by atoms with Crippen molar-refractivity contribution in [2.24, 2.45) is 0 Å². The van der Waals surface area contributed by atoms with Crippen molar-refractivity contribution in [1.82, 2.24) is 15.0 Å². The highest BCUT2D eigenvalue weighted by atomic mass is 16.5. The van der Waals surface area contributed by atoms with Gasteiger partial charge in [-0.3, -0.25) is 4.98 Å². The summed E-state index contributed by atoms with van der Waals surface area (Å²) >= 11 is 0. The molecule has 98 valence electrons. The van der Waals surface area contributed by atoms with Gasteiger partial charge < -0.3 is 9.84 Å². The average Bonchev–Trinajstić information content (AvgIpc) is 2.48. The summed E-state index contributed by atoms with van der Waals surface area (Å²) in [6.07, 6.45) is 4.54. The summed E-state index contributed by atoms with van der Waals surface area (Å²) in [7, 11) is 0. The lowest BCUT2D eigenvalue weighted by Crippen LogP contribution is -1.97. The van der Waals surface area contributed by atoms with Crippen LogP contribution in [0.4, 0.5) is 0 Å². The summed E-state index contributed by atoms with van der Waals surface area (Å²) in [6.45, 7) is 0. The number of aromatic nitrogens is 3. The average molecular weight is 267 g/mol. The maximum Gasteiger partial charge on any atom is 0.335 e. The molecule has 2 heterocycles. The Morgan fingerprint density at radius 1 is 1.20 bits per heavy atom. The first kappa shape index (κ1) is 12.0.